The van der Waals surface area contributed by atoms with Crippen LogP contribution in [0.5, 0.6) is 0 Å². The number of rotatable bonds is 0. The second kappa shape index (κ2) is 12.8. The number of benzene rings is 4. The molecule has 0 fully saturated rings. The van der Waals surface area contributed by atoms with Gasteiger partial charge in [0.05, 0.1) is 22.1 Å². The fraction of sp³-hybridized carbons (Fsp3) is 0.467. The van der Waals surface area contributed by atoms with Crippen molar-refractivity contribution >= 4 is 43.6 Å². The van der Waals surface area contributed by atoms with Gasteiger partial charge in [0, 0.05) is 35.6 Å². The van der Waals surface area contributed by atoms with Crippen LogP contribution in [-0.2, 0) is 14.1 Å². The van der Waals surface area contributed by atoms with Crippen LogP contribution in [-0.4, -0.2) is 9.13 Å². The highest BCUT2D eigenvalue weighted by molar-refractivity contribution is 6.15. The predicted octanol–water partition coefficient (Wildman–Crippen LogP) is 13.0. The first-order chi connectivity index (χ1) is 21.8. The quantitative estimate of drug-likeness (QED) is 0.158. The summed E-state index contributed by atoms with van der Waals surface area (Å²) in [6.07, 6.45) is 1.25. The molecule has 0 unspecified atom stereocenters. The molecule has 0 aliphatic heterocycles. The predicted molar refractivity (Wildman–Crippen MR) is 213 cm³/mol. The molecule has 0 radical (unpaired) electrons. The number of fused-ring (bicyclic) bond motifs is 6. The molecule has 6 rings (SSSR count). The lowest BCUT2D eigenvalue weighted by molar-refractivity contribution is 0.994. The van der Waals surface area contributed by atoms with Crippen LogP contribution in [0.4, 0.5) is 0 Å². The molecule has 2 aromatic heterocycles. The van der Waals surface area contributed by atoms with E-state index in [2.05, 4.69) is 148 Å². The molecule has 0 N–H and O–H groups in total. The monoisotopic (exact) mass is 630 g/mol. The molecule has 0 saturated carbocycles. The van der Waals surface area contributed by atoms with E-state index in [1.807, 2.05) is 0 Å². The summed E-state index contributed by atoms with van der Waals surface area (Å²) in [5.41, 5.74) is 28.6. The van der Waals surface area contributed by atoms with Crippen LogP contribution in [0.25, 0.3) is 43.6 Å². The summed E-state index contributed by atoms with van der Waals surface area (Å²) in [7, 11) is 4.46. The van der Waals surface area contributed by atoms with Gasteiger partial charge in [0.25, 0.3) is 0 Å². The van der Waals surface area contributed by atoms with Crippen molar-refractivity contribution < 1.29 is 0 Å². The molecule has 0 saturated heterocycles. The van der Waals surface area contributed by atoms with Gasteiger partial charge in [-0.3, -0.25) is 0 Å². The highest BCUT2D eigenvalue weighted by atomic mass is 14.9. The number of aryl methyl sites for hydroxylation is 10. The first-order valence-electron chi connectivity index (χ1n) is 17.7. The van der Waals surface area contributed by atoms with Crippen molar-refractivity contribution in [2.24, 2.45) is 14.1 Å². The topological polar surface area (TPSA) is 9.86 Å². The maximum Gasteiger partial charge on any atom is 0.0524 e. The lowest BCUT2D eigenvalue weighted by Crippen LogP contribution is -1.97. The summed E-state index contributed by atoms with van der Waals surface area (Å²) in [4.78, 5) is 0. The molecule has 0 spiro atoms. The largest absolute Gasteiger partial charge is 0.343 e. The lowest BCUT2D eigenvalue weighted by Gasteiger charge is -2.13. The Labute approximate surface area is 286 Å². The van der Waals surface area contributed by atoms with Crippen LogP contribution in [0.1, 0.15) is 109 Å². The lowest BCUT2D eigenvalue weighted by atomic mass is 9.90. The number of hydrogen-bond donors (Lipinski definition) is 0. The second-order valence-electron chi connectivity index (χ2n) is 14.7. The maximum absolute atomic E-state index is 2.42. The van der Waals surface area contributed by atoms with Crippen LogP contribution in [0.3, 0.4) is 0 Å². The zero-order valence-electron chi connectivity index (χ0n) is 33.6. The second-order valence-corrected chi connectivity index (χ2v) is 14.7. The van der Waals surface area contributed by atoms with Crippen LogP contribution in [0, 0.1) is 111 Å². The van der Waals surface area contributed by atoms with E-state index in [0.29, 0.717) is 0 Å². The molecule has 2 nitrogen and oxygen atoms in total. The SMILES string of the molecule is CCC.Cc1c(C)c(C)c2c(c1C)c1c(C)c(C)c(C)c(C)c1n2C.Cc1c(C)c(C)c2c(c1C)c1c(C)c(C)c(C)c(C)c1n2C. The number of aromatic nitrogens is 2. The van der Waals surface area contributed by atoms with E-state index in [1.54, 1.807) is 0 Å². The minimum absolute atomic E-state index is 1.25. The Bertz CT molecular complexity index is 1930. The fourth-order valence-electron chi connectivity index (χ4n) is 8.30. The zero-order valence-corrected chi connectivity index (χ0v) is 33.6. The van der Waals surface area contributed by atoms with Gasteiger partial charge in [0.1, 0.15) is 0 Å². The van der Waals surface area contributed by atoms with Gasteiger partial charge < -0.3 is 9.13 Å². The first kappa shape index (κ1) is 36.3. The molecular weight excluding hydrogens is 569 g/mol. The Hall–Kier alpha value is -3.52. The molecule has 252 valence electrons. The van der Waals surface area contributed by atoms with E-state index in [4.69, 9.17) is 0 Å². The fourth-order valence-corrected chi connectivity index (χ4v) is 8.30. The van der Waals surface area contributed by atoms with Gasteiger partial charge in [0.15, 0.2) is 0 Å². The number of nitrogens with zero attached hydrogens (tertiary/aromatic N) is 2. The average Bonchev–Trinajstić information content (AvgIpc) is 3.52. The molecule has 0 aliphatic rings. The summed E-state index contributed by atoms with van der Waals surface area (Å²) in [6, 6.07) is 0. The Morgan fingerprint density at radius 2 is 0.383 bits per heavy atom. The average molecular weight is 631 g/mol. The number of hydrogen-bond acceptors (Lipinski definition) is 0. The minimum Gasteiger partial charge on any atom is -0.343 e. The zero-order chi connectivity index (χ0) is 35.7. The third kappa shape index (κ3) is 5.13. The van der Waals surface area contributed by atoms with E-state index >= 15 is 0 Å². The van der Waals surface area contributed by atoms with Gasteiger partial charge in [-0.15, -0.1) is 0 Å². The summed E-state index contributed by atoms with van der Waals surface area (Å²) >= 11 is 0. The first-order valence-corrected chi connectivity index (χ1v) is 17.7. The highest BCUT2D eigenvalue weighted by Gasteiger charge is 2.23. The van der Waals surface area contributed by atoms with Crippen LogP contribution < -0.4 is 0 Å². The molecular formula is C45H62N2. The molecule has 0 amide bonds. The van der Waals surface area contributed by atoms with Gasteiger partial charge in [-0.2, -0.15) is 0 Å². The molecule has 2 heterocycles. The molecule has 0 bridgehead atoms. The normalized spacial score (nSPS) is 11.5. The molecule has 0 atom stereocenters. The van der Waals surface area contributed by atoms with Crippen molar-refractivity contribution in [3.8, 4) is 0 Å². The standard InChI is InChI=1S/2C21H27N.C3H8/c2*1-10-12(3)16(7)20-18(14(10)5)19-15(6)11(2)13(4)17(8)21(19)22(20)9;1-3-2/h2*1-9H3;3H2,1-2H3. The van der Waals surface area contributed by atoms with E-state index in [0.717, 1.165) is 0 Å². The highest BCUT2D eigenvalue weighted by Crippen LogP contribution is 2.42. The van der Waals surface area contributed by atoms with Crippen LogP contribution in [0.15, 0.2) is 0 Å². The molecule has 47 heavy (non-hydrogen) atoms. The van der Waals surface area contributed by atoms with Crippen LogP contribution in [0.2, 0.25) is 0 Å². The van der Waals surface area contributed by atoms with Gasteiger partial charge >= 0.3 is 0 Å². The summed E-state index contributed by atoms with van der Waals surface area (Å²) in [5.74, 6) is 0. The summed E-state index contributed by atoms with van der Waals surface area (Å²) < 4.78 is 4.85. The maximum atomic E-state index is 2.42. The van der Waals surface area contributed by atoms with Crippen molar-refractivity contribution in [2.45, 2.75) is 131 Å². The Morgan fingerprint density at radius 1 is 0.255 bits per heavy atom. The summed E-state index contributed by atoms with van der Waals surface area (Å²) in [5, 5.41) is 5.84. The molecule has 4 aromatic carbocycles. The van der Waals surface area contributed by atoms with Gasteiger partial charge in [-0.1, -0.05) is 20.3 Å². The van der Waals surface area contributed by atoms with Crippen molar-refractivity contribution in [1.29, 1.82) is 0 Å². The van der Waals surface area contributed by atoms with Crippen molar-refractivity contribution in [2.75, 3.05) is 0 Å². The van der Waals surface area contributed by atoms with E-state index in [1.165, 1.54) is 139 Å². The van der Waals surface area contributed by atoms with E-state index in [-0.39, 0.29) is 0 Å². The van der Waals surface area contributed by atoms with Gasteiger partial charge in [0.2, 0.25) is 0 Å². The smallest absolute Gasteiger partial charge is 0.0524 e. The summed E-state index contributed by atoms with van der Waals surface area (Å²) in [6.45, 7) is 40.5. The third-order valence-corrected chi connectivity index (χ3v) is 12.5. The third-order valence-electron chi connectivity index (χ3n) is 12.5. The molecule has 2 heteroatoms. The molecule has 0 aliphatic carbocycles. The minimum atomic E-state index is 1.25. The van der Waals surface area contributed by atoms with Gasteiger partial charge in [-0.25, -0.2) is 0 Å². The molecule has 6 aromatic rings. The Kier molecular flexibility index (Phi) is 9.91. The van der Waals surface area contributed by atoms with Crippen molar-refractivity contribution in [1.82, 2.24) is 9.13 Å². The van der Waals surface area contributed by atoms with E-state index < -0.39 is 0 Å². The van der Waals surface area contributed by atoms with Crippen LogP contribution >= 0.6 is 0 Å². The van der Waals surface area contributed by atoms with E-state index in [9.17, 15) is 0 Å². The van der Waals surface area contributed by atoms with Crippen molar-refractivity contribution in [3.63, 3.8) is 0 Å². The Balaban J connectivity index is 0.000000197. The Morgan fingerprint density at radius 3 is 0.532 bits per heavy atom. The van der Waals surface area contributed by atoms with Crippen molar-refractivity contribution in [3.05, 3.63) is 89.0 Å². The van der Waals surface area contributed by atoms with Gasteiger partial charge in [-0.05, 0) is 200 Å².